The third kappa shape index (κ3) is 2.14. The van der Waals surface area contributed by atoms with Crippen LogP contribution in [0.4, 0.5) is 0 Å². The maximum atomic E-state index is 12.4. The molecule has 0 aliphatic heterocycles. The van der Waals surface area contributed by atoms with E-state index in [4.69, 9.17) is 4.74 Å². The number of ketones is 1. The Hall–Kier alpha value is -0.900. The van der Waals surface area contributed by atoms with Crippen molar-refractivity contribution in [2.45, 2.75) is 64.9 Å². The predicted octanol–water partition coefficient (Wildman–Crippen LogP) is 2.72. The summed E-state index contributed by atoms with van der Waals surface area (Å²) in [5.74, 6) is 0.728. The van der Waals surface area contributed by atoms with Crippen LogP contribution in [0.3, 0.4) is 0 Å². The lowest BCUT2D eigenvalue weighted by Crippen LogP contribution is -2.59. The number of carbonyl (C=O) groups excluding carboxylic acids is 2. The zero-order valence-corrected chi connectivity index (χ0v) is 13.9. The monoisotopic (exact) mass is 308 g/mol. The molecule has 3 saturated carbocycles. The van der Waals surface area contributed by atoms with Gasteiger partial charge in [0.2, 0.25) is 0 Å². The Labute approximate surface area is 132 Å². The molecule has 3 aliphatic carbocycles. The number of Topliss-reactive ketones (excluding diaryl/α,β-unsaturated/α-hetero) is 1. The Kier molecular flexibility index (Phi) is 3.87. The summed E-state index contributed by atoms with van der Waals surface area (Å²) < 4.78 is 5.10. The minimum Gasteiger partial charge on any atom is -0.469 e. The first-order valence-corrected chi connectivity index (χ1v) is 8.61. The van der Waals surface area contributed by atoms with Gasteiger partial charge in [-0.2, -0.15) is 0 Å². The number of rotatable bonds is 1. The number of aliphatic hydroxyl groups is 1. The summed E-state index contributed by atoms with van der Waals surface area (Å²) in [5, 5.41) is 10.7. The highest BCUT2D eigenvalue weighted by Crippen LogP contribution is 2.63. The van der Waals surface area contributed by atoms with Gasteiger partial charge in [0, 0.05) is 12.8 Å². The Morgan fingerprint density at radius 3 is 2.73 bits per heavy atom. The van der Waals surface area contributed by atoms with Gasteiger partial charge < -0.3 is 9.84 Å². The van der Waals surface area contributed by atoms with Crippen molar-refractivity contribution in [2.24, 2.45) is 28.6 Å². The highest BCUT2D eigenvalue weighted by molar-refractivity contribution is 5.80. The van der Waals surface area contributed by atoms with Gasteiger partial charge in [-0.05, 0) is 55.8 Å². The van der Waals surface area contributed by atoms with Crippen LogP contribution < -0.4 is 0 Å². The molecular formula is C18H28O4. The fourth-order valence-corrected chi connectivity index (χ4v) is 6.04. The standard InChI is InChI=1S/C18H28O4/c1-17-7-4-8-18(2,16(21)22-3)15(17)10-14(20)12-9-11(19)5-6-13(12)17/h12-15,20H,4-10H2,1-3H3/t12-,13-,14+,15+,17+,18+/m0/s1. The average molecular weight is 308 g/mol. The number of hydrogen-bond donors (Lipinski definition) is 1. The fraction of sp³-hybridized carbons (Fsp3) is 0.889. The normalized spacial score (nSPS) is 48.3. The first-order valence-electron chi connectivity index (χ1n) is 8.61. The Balaban J connectivity index is 1.98. The van der Waals surface area contributed by atoms with Crippen LogP contribution in [0.5, 0.6) is 0 Å². The molecule has 3 fully saturated rings. The van der Waals surface area contributed by atoms with Gasteiger partial charge in [0.15, 0.2) is 0 Å². The van der Waals surface area contributed by atoms with Gasteiger partial charge in [0.25, 0.3) is 0 Å². The van der Waals surface area contributed by atoms with Crippen LogP contribution in [0, 0.1) is 28.6 Å². The van der Waals surface area contributed by atoms with Crippen LogP contribution in [0.2, 0.25) is 0 Å². The van der Waals surface area contributed by atoms with Gasteiger partial charge in [-0.25, -0.2) is 0 Å². The van der Waals surface area contributed by atoms with Crippen molar-refractivity contribution in [3.63, 3.8) is 0 Å². The van der Waals surface area contributed by atoms with Crippen LogP contribution in [0.15, 0.2) is 0 Å². The summed E-state index contributed by atoms with van der Waals surface area (Å²) in [6.07, 6.45) is 5.12. The third-order valence-electron chi connectivity index (χ3n) is 7.16. The second kappa shape index (κ2) is 5.33. The molecule has 0 aromatic heterocycles. The summed E-state index contributed by atoms with van der Waals surface area (Å²) in [7, 11) is 1.46. The smallest absolute Gasteiger partial charge is 0.311 e. The second-order valence-corrected chi connectivity index (χ2v) is 8.18. The average Bonchev–Trinajstić information content (AvgIpc) is 2.49. The number of aliphatic hydroxyl groups excluding tert-OH is 1. The Morgan fingerprint density at radius 1 is 1.32 bits per heavy atom. The maximum Gasteiger partial charge on any atom is 0.311 e. The molecule has 0 aromatic rings. The van der Waals surface area contributed by atoms with Crippen LogP contribution in [0.1, 0.15) is 58.8 Å². The molecule has 0 radical (unpaired) electrons. The molecule has 3 aliphatic rings. The molecule has 4 heteroatoms. The third-order valence-corrected chi connectivity index (χ3v) is 7.16. The van der Waals surface area contributed by atoms with E-state index in [9.17, 15) is 14.7 Å². The van der Waals surface area contributed by atoms with Gasteiger partial charge in [0.1, 0.15) is 5.78 Å². The van der Waals surface area contributed by atoms with Gasteiger partial charge in [-0.1, -0.05) is 13.3 Å². The zero-order valence-electron chi connectivity index (χ0n) is 13.9. The topological polar surface area (TPSA) is 63.6 Å². The van der Waals surface area contributed by atoms with E-state index in [-0.39, 0.29) is 29.0 Å². The molecule has 4 nitrogen and oxygen atoms in total. The van der Waals surface area contributed by atoms with Crippen LogP contribution in [-0.4, -0.2) is 30.1 Å². The van der Waals surface area contributed by atoms with Crippen molar-refractivity contribution in [2.75, 3.05) is 7.11 Å². The van der Waals surface area contributed by atoms with Crippen molar-refractivity contribution < 1.29 is 19.4 Å². The predicted molar refractivity (Wildman–Crippen MR) is 82.0 cm³/mol. The highest BCUT2D eigenvalue weighted by Gasteiger charge is 2.61. The molecule has 6 atom stereocenters. The van der Waals surface area contributed by atoms with E-state index in [1.54, 1.807) is 0 Å². The number of methoxy groups -OCH3 is 1. The van der Waals surface area contributed by atoms with Crippen molar-refractivity contribution in [3.8, 4) is 0 Å². The Morgan fingerprint density at radius 2 is 2.05 bits per heavy atom. The molecule has 3 rings (SSSR count). The van der Waals surface area contributed by atoms with Crippen molar-refractivity contribution in [1.82, 2.24) is 0 Å². The van der Waals surface area contributed by atoms with Crippen molar-refractivity contribution in [1.29, 1.82) is 0 Å². The minimum atomic E-state index is -0.505. The summed E-state index contributed by atoms with van der Waals surface area (Å²) in [5.41, 5.74) is -0.471. The summed E-state index contributed by atoms with van der Waals surface area (Å²) in [6.45, 7) is 4.30. The van der Waals surface area contributed by atoms with E-state index < -0.39 is 11.5 Å². The first-order chi connectivity index (χ1) is 10.3. The fourth-order valence-electron chi connectivity index (χ4n) is 6.04. The largest absolute Gasteiger partial charge is 0.469 e. The van der Waals surface area contributed by atoms with E-state index in [2.05, 4.69) is 6.92 Å². The summed E-state index contributed by atoms with van der Waals surface area (Å²) in [4.78, 5) is 24.3. The van der Waals surface area contributed by atoms with Crippen LogP contribution in [0.25, 0.3) is 0 Å². The maximum absolute atomic E-state index is 12.4. The number of ether oxygens (including phenoxy) is 1. The lowest BCUT2D eigenvalue weighted by molar-refractivity contribution is -0.188. The van der Waals surface area contributed by atoms with Crippen LogP contribution in [-0.2, 0) is 14.3 Å². The minimum absolute atomic E-state index is 0.0335. The van der Waals surface area contributed by atoms with Crippen molar-refractivity contribution >= 4 is 11.8 Å². The van der Waals surface area contributed by atoms with E-state index in [1.807, 2.05) is 6.92 Å². The molecule has 0 amide bonds. The van der Waals surface area contributed by atoms with Gasteiger partial charge in [-0.15, -0.1) is 0 Å². The van der Waals surface area contributed by atoms with E-state index in [0.29, 0.717) is 25.2 Å². The highest BCUT2D eigenvalue weighted by atomic mass is 16.5. The molecule has 0 heterocycles. The van der Waals surface area contributed by atoms with Crippen LogP contribution >= 0.6 is 0 Å². The molecule has 22 heavy (non-hydrogen) atoms. The first kappa shape index (κ1) is 16.0. The summed E-state index contributed by atoms with van der Waals surface area (Å²) in [6, 6.07) is 0. The SMILES string of the molecule is COC(=O)[C@]1(C)CCC[C@@]2(C)[C@H]1C[C@@H](O)[C@H]1CC(=O)CC[C@@H]12. The van der Waals surface area contributed by atoms with Gasteiger partial charge in [0.05, 0.1) is 18.6 Å². The molecular weight excluding hydrogens is 280 g/mol. The molecule has 0 aromatic carbocycles. The zero-order chi connectivity index (χ0) is 16.1. The lowest BCUT2D eigenvalue weighted by atomic mass is 9.43. The number of carbonyl (C=O) groups is 2. The molecule has 124 valence electrons. The molecule has 0 unspecified atom stereocenters. The van der Waals surface area contributed by atoms with E-state index >= 15 is 0 Å². The molecule has 0 spiro atoms. The lowest BCUT2D eigenvalue weighted by Gasteiger charge is -2.61. The van der Waals surface area contributed by atoms with E-state index in [0.717, 1.165) is 25.7 Å². The molecule has 1 N–H and O–H groups in total. The van der Waals surface area contributed by atoms with E-state index in [1.165, 1.54) is 7.11 Å². The van der Waals surface area contributed by atoms with Crippen molar-refractivity contribution in [3.05, 3.63) is 0 Å². The number of fused-ring (bicyclic) bond motifs is 3. The quantitative estimate of drug-likeness (QED) is 0.757. The summed E-state index contributed by atoms with van der Waals surface area (Å²) >= 11 is 0. The molecule has 0 saturated heterocycles. The van der Waals surface area contributed by atoms with Gasteiger partial charge >= 0.3 is 5.97 Å². The molecule has 0 bridgehead atoms. The van der Waals surface area contributed by atoms with Gasteiger partial charge in [-0.3, -0.25) is 9.59 Å². The Bertz CT molecular complexity index is 487. The number of esters is 1. The second-order valence-electron chi connectivity index (χ2n) is 8.18. The number of hydrogen-bond acceptors (Lipinski definition) is 4.